The van der Waals surface area contributed by atoms with E-state index in [2.05, 4.69) is 39.9 Å². The lowest BCUT2D eigenvalue weighted by Crippen LogP contribution is -2.41. The maximum Gasteiger partial charge on any atom is 0.252 e. The number of amides is 1. The molecule has 1 aromatic carbocycles. The summed E-state index contributed by atoms with van der Waals surface area (Å²) in [6.45, 7) is 8.19. The van der Waals surface area contributed by atoms with Gasteiger partial charge < -0.3 is 20.5 Å². The number of rotatable bonds is 8. The number of nitrogens with one attached hydrogen (secondary N) is 3. The van der Waals surface area contributed by atoms with Crippen LogP contribution >= 0.6 is 35.6 Å². The molecular formula is C19H27ClIN5O2. The van der Waals surface area contributed by atoms with E-state index in [0.29, 0.717) is 47.9 Å². The van der Waals surface area contributed by atoms with Gasteiger partial charge in [-0.25, -0.2) is 4.99 Å². The first-order valence-corrected chi connectivity index (χ1v) is 9.39. The van der Waals surface area contributed by atoms with Gasteiger partial charge in [-0.1, -0.05) is 42.7 Å². The van der Waals surface area contributed by atoms with Crippen molar-refractivity contribution in [2.45, 2.75) is 33.2 Å². The Labute approximate surface area is 187 Å². The van der Waals surface area contributed by atoms with E-state index in [1.807, 2.05) is 13.0 Å². The molecule has 0 unspecified atom stereocenters. The van der Waals surface area contributed by atoms with E-state index in [1.165, 1.54) is 0 Å². The number of hydrogen-bond acceptors (Lipinski definition) is 4. The third-order valence-corrected chi connectivity index (χ3v) is 4.06. The van der Waals surface area contributed by atoms with Gasteiger partial charge >= 0.3 is 0 Å². The van der Waals surface area contributed by atoms with Crippen molar-refractivity contribution < 1.29 is 9.32 Å². The van der Waals surface area contributed by atoms with Gasteiger partial charge in [0.25, 0.3) is 5.91 Å². The van der Waals surface area contributed by atoms with E-state index < -0.39 is 0 Å². The van der Waals surface area contributed by atoms with Gasteiger partial charge in [0.05, 0.1) is 16.3 Å². The van der Waals surface area contributed by atoms with Crippen LogP contribution in [0.3, 0.4) is 0 Å². The van der Waals surface area contributed by atoms with Gasteiger partial charge in [-0.3, -0.25) is 4.79 Å². The van der Waals surface area contributed by atoms with Gasteiger partial charge in [-0.15, -0.1) is 24.0 Å². The topological polar surface area (TPSA) is 91.6 Å². The molecule has 154 valence electrons. The Morgan fingerprint density at radius 3 is 2.57 bits per heavy atom. The molecule has 0 aliphatic carbocycles. The first kappa shape index (κ1) is 24.2. The highest BCUT2D eigenvalue weighted by Gasteiger charge is 2.09. The molecule has 2 rings (SSSR count). The fourth-order valence-electron chi connectivity index (χ4n) is 2.27. The third kappa shape index (κ3) is 7.67. The van der Waals surface area contributed by atoms with Crippen molar-refractivity contribution in [3.05, 3.63) is 52.4 Å². The van der Waals surface area contributed by atoms with Crippen LogP contribution in [0.1, 0.15) is 48.5 Å². The molecule has 1 heterocycles. The van der Waals surface area contributed by atoms with E-state index >= 15 is 0 Å². The quantitative estimate of drug-likeness (QED) is 0.215. The molecule has 1 aromatic heterocycles. The number of nitrogens with zero attached hydrogens (tertiary/aromatic N) is 2. The molecular weight excluding hydrogens is 493 g/mol. The van der Waals surface area contributed by atoms with E-state index in [4.69, 9.17) is 16.1 Å². The third-order valence-electron chi connectivity index (χ3n) is 3.73. The fraction of sp³-hybridized carbons (Fsp3) is 0.421. The van der Waals surface area contributed by atoms with Gasteiger partial charge in [0.1, 0.15) is 6.54 Å². The van der Waals surface area contributed by atoms with Crippen LogP contribution in [0, 0.1) is 0 Å². The Balaban J connectivity index is 0.00000392. The number of aromatic nitrogens is 1. The molecule has 0 bridgehead atoms. The first-order valence-electron chi connectivity index (χ1n) is 9.01. The Morgan fingerprint density at radius 2 is 1.93 bits per heavy atom. The van der Waals surface area contributed by atoms with Gasteiger partial charge in [-0.2, -0.15) is 0 Å². The van der Waals surface area contributed by atoms with Crippen LogP contribution in [0.15, 0.2) is 39.8 Å². The predicted octanol–water partition coefficient (Wildman–Crippen LogP) is 3.55. The predicted molar refractivity (Wildman–Crippen MR) is 123 cm³/mol. The maximum atomic E-state index is 12.1. The number of hydrogen-bond donors (Lipinski definition) is 3. The van der Waals surface area contributed by atoms with E-state index in [1.54, 1.807) is 24.3 Å². The summed E-state index contributed by atoms with van der Waals surface area (Å²) in [4.78, 5) is 16.6. The van der Waals surface area contributed by atoms with E-state index in [0.717, 1.165) is 12.2 Å². The minimum absolute atomic E-state index is 0. The highest BCUT2D eigenvalue weighted by atomic mass is 127. The molecule has 3 N–H and O–H groups in total. The zero-order chi connectivity index (χ0) is 19.6. The van der Waals surface area contributed by atoms with Crippen molar-refractivity contribution in [1.82, 2.24) is 21.1 Å². The number of benzene rings is 1. The van der Waals surface area contributed by atoms with Crippen molar-refractivity contribution in [3.8, 4) is 0 Å². The molecule has 0 atom stereocenters. The number of aliphatic imine (C=N–C) groups is 1. The van der Waals surface area contributed by atoms with Crippen LogP contribution in [0.2, 0.25) is 5.02 Å². The highest BCUT2D eigenvalue weighted by molar-refractivity contribution is 14.0. The monoisotopic (exact) mass is 519 g/mol. The first-order chi connectivity index (χ1) is 13.0. The largest absolute Gasteiger partial charge is 0.359 e. The summed E-state index contributed by atoms with van der Waals surface area (Å²) in [5.41, 5.74) is 1.38. The normalized spacial score (nSPS) is 11.1. The Bertz CT molecular complexity index is 779. The van der Waals surface area contributed by atoms with Crippen molar-refractivity contribution in [2.75, 3.05) is 19.6 Å². The van der Waals surface area contributed by atoms with Crippen molar-refractivity contribution in [3.63, 3.8) is 0 Å². The standard InChI is InChI=1S/C19H26ClN5O2.HI/c1-4-21-19(24-12-14-11-17(13(2)3)25-27-14)23-10-9-22-18(26)15-7-5-6-8-16(15)20;/h5-8,11,13H,4,9-10,12H2,1-3H3,(H,22,26)(H2,21,23,24);1H. The van der Waals surface area contributed by atoms with Gasteiger partial charge in [0, 0.05) is 25.7 Å². The molecule has 2 aromatic rings. The number of guanidine groups is 1. The molecule has 28 heavy (non-hydrogen) atoms. The molecule has 0 saturated heterocycles. The number of carbonyl (C=O) groups excluding carboxylic acids is 1. The molecule has 0 spiro atoms. The SMILES string of the molecule is CCNC(=NCc1cc(C(C)C)no1)NCCNC(=O)c1ccccc1Cl.I. The lowest BCUT2D eigenvalue weighted by molar-refractivity contribution is 0.0954. The molecule has 0 aliphatic heterocycles. The summed E-state index contributed by atoms with van der Waals surface area (Å²) < 4.78 is 5.29. The highest BCUT2D eigenvalue weighted by Crippen LogP contribution is 2.15. The summed E-state index contributed by atoms with van der Waals surface area (Å²) in [6.07, 6.45) is 0. The van der Waals surface area contributed by atoms with Gasteiger partial charge in [-0.05, 0) is 25.0 Å². The zero-order valence-electron chi connectivity index (χ0n) is 16.3. The molecule has 0 fully saturated rings. The van der Waals surface area contributed by atoms with Crippen molar-refractivity contribution in [1.29, 1.82) is 0 Å². The molecule has 1 amide bonds. The minimum atomic E-state index is -0.202. The van der Waals surface area contributed by atoms with Crippen LogP contribution in [0.5, 0.6) is 0 Å². The van der Waals surface area contributed by atoms with E-state index in [-0.39, 0.29) is 29.9 Å². The molecule has 7 nitrogen and oxygen atoms in total. The van der Waals surface area contributed by atoms with Gasteiger partial charge in [0.15, 0.2) is 11.7 Å². The second kappa shape index (κ2) is 12.6. The van der Waals surface area contributed by atoms with Crippen molar-refractivity contribution >= 4 is 47.4 Å². The summed E-state index contributed by atoms with van der Waals surface area (Å²) in [6, 6.07) is 8.88. The Hall–Kier alpha value is -1.81. The lowest BCUT2D eigenvalue weighted by Gasteiger charge is -2.11. The van der Waals surface area contributed by atoms with Crippen LogP contribution in [0.25, 0.3) is 0 Å². The molecule has 9 heteroatoms. The Kier molecular flexibility index (Phi) is 10.9. The second-order valence-electron chi connectivity index (χ2n) is 6.23. The average Bonchev–Trinajstić information content (AvgIpc) is 3.12. The summed E-state index contributed by atoms with van der Waals surface area (Å²) in [7, 11) is 0. The Morgan fingerprint density at radius 1 is 1.21 bits per heavy atom. The van der Waals surface area contributed by atoms with Crippen LogP contribution in [-0.4, -0.2) is 36.7 Å². The van der Waals surface area contributed by atoms with Crippen LogP contribution < -0.4 is 16.0 Å². The number of halogens is 2. The molecule has 0 aliphatic rings. The average molecular weight is 520 g/mol. The fourth-order valence-corrected chi connectivity index (χ4v) is 2.49. The number of carbonyl (C=O) groups is 1. The molecule has 0 saturated carbocycles. The minimum Gasteiger partial charge on any atom is -0.359 e. The zero-order valence-corrected chi connectivity index (χ0v) is 19.4. The summed E-state index contributed by atoms with van der Waals surface area (Å²) >= 11 is 6.02. The summed E-state index contributed by atoms with van der Waals surface area (Å²) in [5.74, 6) is 1.47. The summed E-state index contributed by atoms with van der Waals surface area (Å²) in [5, 5.41) is 13.6. The van der Waals surface area contributed by atoms with Gasteiger partial charge in [0.2, 0.25) is 0 Å². The lowest BCUT2D eigenvalue weighted by atomic mass is 10.1. The second-order valence-corrected chi connectivity index (χ2v) is 6.64. The smallest absolute Gasteiger partial charge is 0.252 e. The molecule has 0 radical (unpaired) electrons. The maximum absolute atomic E-state index is 12.1. The van der Waals surface area contributed by atoms with E-state index in [9.17, 15) is 4.79 Å². The van der Waals surface area contributed by atoms with Crippen LogP contribution in [-0.2, 0) is 6.54 Å². The van der Waals surface area contributed by atoms with Crippen molar-refractivity contribution in [2.24, 2.45) is 4.99 Å². The van der Waals surface area contributed by atoms with Crippen LogP contribution in [0.4, 0.5) is 0 Å².